The molecule has 2 aliphatic rings. The molecule has 6 rings (SSSR count). The predicted octanol–water partition coefficient (Wildman–Crippen LogP) is 8.86. The van der Waals surface area contributed by atoms with Crippen LogP contribution in [0.3, 0.4) is 0 Å². The Kier molecular flexibility index (Phi) is 14.9. The van der Waals surface area contributed by atoms with Crippen LogP contribution in [0, 0.1) is 0 Å². The number of hydrogen-bond donors (Lipinski definition) is 0. The smallest absolute Gasteiger partial charge is 0.545 e. The molecule has 0 bridgehead atoms. The second-order valence-corrected chi connectivity index (χ2v) is 13.5. The number of carboxylic acid groups (broad SMARTS) is 2. The zero-order chi connectivity index (χ0) is 35.6. The molecular weight excluding hydrogens is 690 g/mol. The van der Waals surface area contributed by atoms with E-state index in [4.69, 9.17) is 9.47 Å². The van der Waals surface area contributed by atoms with Gasteiger partial charge in [0.2, 0.25) is 0 Å². The minimum atomic E-state index is -1.08. The molecule has 0 spiro atoms. The number of aryl methyl sites for hydroxylation is 2. The second-order valence-electron chi connectivity index (χ2n) is 13.5. The van der Waals surface area contributed by atoms with Crippen LogP contribution in [0.15, 0.2) is 60.7 Å². The van der Waals surface area contributed by atoms with Crippen LogP contribution in [0.4, 0.5) is 0 Å². The molecule has 2 heterocycles. The van der Waals surface area contributed by atoms with Gasteiger partial charge in [0.05, 0.1) is 11.9 Å². The van der Waals surface area contributed by atoms with Gasteiger partial charge in [0.1, 0.15) is 23.0 Å². The molecule has 6 nitrogen and oxygen atoms in total. The summed E-state index contributed by atoms with van der Waals surface area (Å²) in [6.45, 7) is 8.55. The van der Waals surface area contributed by atoms with E-state index >= 15 is 0 Å². The molecule has 0 N–H and O–H groups in total. The Morgan fingerprint density at radius 3 is 1.25 bits per heavy atom. The quantitative estimate of drug-likeness (QED) is 0.104. The summed E-state index contributed by atoms with van der Waals surface area (Å²) in [4.78, 5) is 24.1. The summed E-state index contributed by atoms with van der Waals surface area (Å²) in [5, 5.41) is 24.1. The maximum atomic E-state index is 12.0. The first kappa shape index (κ1) is 39.8. The first-order chi connectivity index (χ1) is 24.3. The van der Waals surface area contributed by atoms with Gasteiger partial charge in [-0.1, -0.05) is 89.8 Å². The maximum Gasteiger partial charge on any atom is 2.00 e. The molecule has 264 valence electrons. The summed E-state index contributed by atoms with van der Waals surface area (Å²) in [5.41, 5.74) is 8.45. The van der Waals surface area contributed by atoms with Gasteiger partial charge in [-0.05, 0) is 109 Å². The summed E-state index contributed by atoms with van der Waals surface area (Å²) in [6, 6.07) is 19.8. The number of ether oxygens (including phenoxy) is 2. The van der Waals surface area contributed by atoms with Crippen molar-refractivity contribution < 1.29 is 48.8 Å². The Morgan fingerprint density at radius 1 is 0.549 bits per heavy atom. The summed E-state index contributed by atoms with van der Waals surface area (Å²) in [5.74, 6) is 0.852. The van der Waals surface area contributed by atoms with E-state index in [1.54, 1.807) is 0 Å². The van der Waals surface area contributed by atoms with Crippen molar-refractivity contribution in [2.45, 2.75) is 118 Å². The van der Waals surface area contributed by atoms with Gasteiger partial charge < -0.3 is 29.3 Å². The minimum absolute atomic E-state index is 0. The molecule has 51 heavy (non-hydrogen) atoms. The van der Waals surface area contributed by atoms with E-state index in [2.05, 4.69) is 39.8 Å². The van der Waals surface area contributed by atoms with Crippen molar-refractivity contribution in [3.63, 3.8) is 0 Å². The van der Waals surface area contributed by atoms with Gasteiger partial charge >= 0.3 is 19.5 Å². The van der Waals surface area contributed by atoms with Crippen LogP contribution in [-0.4, -0.2) is 11.9 Å². The SMILES string of the molecule is CCCCc1cc2c(c(C(=O)[O-])c1CCCC)Cc1ccccc1O2.CCCCc1cc2c(c(C(=O)[O-])c1CCCC)Cc1ccccc1O2.[Zn+2]. The third kappa shape index (κ3) is 9.29. The number of aromatic carboxylic acids is 2. The Labute approximate surface area is 316 Å². The number of carbonyl (C=O) groups is 2. The predicted molar refractivity (Wildman–Crippen MR) is 195 cm³/mol. The van der Waals surface area contributed by atoms with Crippen LogP contribution < -0.4 is 19.7 Å². The Bertz CT molecular complexity index is 1690. The van der Waals surface area contributed by atoms with Gasteiger partial charge in [0, 0.05) is 35.1 Å². The van der Waals surface area contributed by atoms with Gasteiger partial charge in [-0.3, -0.25) is 0 Å². The zero-order valence-corrected chi connectivity index (χ0v) is 33.8. The van der Waals surface area contributed by atoms with E-state index in [0.29, 0.717) is 35.5 Å². The molecule has 7 heteroatoms. The normalized spacial score (nSPS) is 12.0. The standard InChI is InChI=1S/2C22H26O3.Zn/c2*1-3-5-9-15-14-20-18(13-16-10-7-8-12-19(16)25-20)21(22(23)24)17(15)11-6-4-2;/h2*7-8,10,12,14H,3-6,9,11,13H2,1-2H3,(H,23,24);/q;;+2/p-2. The molecule has 0 atom stereocenters. The monoisotopic (exact) mass is 738 g/mol. The van der Waals surface area contributed by atoms with Crippen molar-refractivity contribution in [2.24, 2.45) is 0 Å². The van der Waals surface area contributed by atoms with Crippen LogP contribution in [0.5, 0.6) is 23.0 Å². The van der Waals surface area contributed by atoms with Crippen molar-refractivity contribution in [1.82, 2.24) is 0 Å². The number of benzene rings is 4. The molecule has 0 amide bonds. The molecular formula is C44H50O6Zn. The van der Waals surface area contributed by atoms with Crippen molar-refractivity contribution in [1.29, 1.82) is 0 Å². The number of para-hydroxylation sites is 2. The van der Waals surface area contributed by atoms with Crippen molar-refractivity contribution >= 4 is 11.9 Å². The zero-order valence-electron chi connectivity index (χ0n) is 30.8. The van der Waals surface area contributed by atoms with Crippen LogP contribution in [0.25, 0.3) is 0 Å². The molecule has 0 saturated heterocycles. The first-order valence-electron chi connectivity index (χ1n) is 18.6. The number of carbonyl (C=O) groups excluding carboxylic acids is 2. The molecule has 0 aliphatic carbocycles. The maximum absolute atomic E-state index is 12.0. The van der Waals surface area contributed by atoms with Crippen molar-refractivity contribution in [3.05, 3.63) is 116 Å². The summed E-state index contributed by atoms with van der Waals surface area (Å²) in [7, 11) is 0. The van der Waals surface area contributed by atoms with Gasteiger partial charge in [-0.15, -0.1) is 0 Å². The summed E-state index contributed by atoms with van der Waals surface area (Å²) >= 11 is 0. The molecule has 0 radical (unpaired) electrons. The van der Waals surface area contributed by atoms with E-state index in [9.17, 15) is 19.8 Å². The molecule has 4 aromatic carbocycles. The molecule has 0 saturated carbocycles. The topological polar surface area (TPSA) is 98.7 Å². The third-order valence-corrected chi connectivity index (χ3v) is 9.88. The first-order valence-corrected chi connectivity index (χ1v) is 18.6. The second kappa shape index (κ2) is 19.0. The van der Waals surface area contributed by atoms with Crippen LogP contribution in [-0.2, 0) is 58.0 Å². The number of hydrogen-bond acceptors (Lipinski definition) is 6. The molecule has 2 aliphatic heterocycles. The Hall–Kier alpha value is -3.96. The summed E-state index contributed by atoms with van der Waals surface area (Å²) < 4.78 is 12.1. The summed E-state index contributed by atoms with van der Waals surface area (Å²) in [6.07, 6.45) is 12.8. The van der Waals surface area contributed by atoms with E-state index in [-0.39, 0.29) is 19.5 Å². The fourth-order valence-electron chi connectivity index (χ4n) is 7.20. The van der Waals surface area contributed by atoms with Gasteiger partial charge in [0.15, 0.2) is 0 Å². The largest absolute Gasteiger partial charge is 2.00 e. The van der Waals surface area contributed by atoms with E-state index in [1.165, 1.54) is 0 Å². The van der Waals surface area contributed by atoms with Crippen molar-refractivity contribution in [3.8, 4) is 23.0 Å². The molecule has 4 aromatic rings. The van der Waals surface area contributed by atoms with E-state index < -0.39 is 11.9 Å². The van der Waals surface area contributed by atoms with Crippen LogP contribution in [0.1, 0.15) is 144 Å². The van der Waals surface area contributed by atoms with Gasteiger partial charge in [0.25, 0.3) is 0 Å². The van der Waals surface area contributed by atoms with E-state index in [1.807, 2.05) is 48.5 Å². The minimum Gasteiger partial charge on any atom is -0.545 e. The number of unbranched alkanes of at least 4 members (excludes halogenated alkanes) is 4. The molecule has 0 aromatic heterocycles. The van der Waals surface area contributed by atoms with Crippen LogP contribution in [0.2, 0.25) is 0 Å². The Morgan fingerprint density at radius 2 is 0.902 bits per heavy atom. The average molecular weight is 740 g/mol. The fraction of sp³-hybridized carbons (Fsp3) is 0.409. The molecule has 0 unspecified atom stereocenters. The van der Waals surface area contributed by atoms with Gasteiger partial charge in [-0.25, -0.2) is 0 Å². The van der Waals surface area contributed by atoms with E-state index in [0.717, 1.165) is 133 Å². The fourth-order valence-corrected chi connectivity index (χ4v) is 7.20. The molecule has 0 fully saturated rings. The number of rotatable bonds is 14. The van der Waals surface area contributed by atoms with Crippen molar-refractivity contribution in [2.75, 3.05) is 0 Å². The third-order valence-electron chi connectivity index (χ3n) is 9.88. The number of fused-ring (bicyclic) bond motifs is 4. The number of carboxylic acids is 2. The van der Waals surface area contributed by atoms with Crippen LogP contribution >= 0.6 is 0 Å². The van der Waals surface area contributed by atoms with Gasteiger partial charge in [-0.2, -0.15) is 0 Å². The Balaban J connectivity index is 0.000000224. The average Bonchev–Trinajstić information content (AvgIpc) is 3.12.